The molecule has 1 fully saturated rings. The average molecular weight is 345 g/mol. The van der Waals surface area contributed by atoms with Gasteiger partial charge in [-0.05, 0) is 47.9 Å². The normalized spacial score (nSPS) is 16.8. The highest BCUT2D eigenvalue weighted by Crippen LogP contribution is 2.27. The number of nitrogens with one attached hydrogen (secondary N) is 1. The first-order valence-corrected chi connectivity index (χ1v) is 9.23. The number of hydrogen-bond donors (Lipinski definition) is 2. The quantitative estimate of drug-likeness (QED) is 0.873. The zero-order valence-corrected chi connectivity index (χ0v) is 14.6. The van der Waals surface area contributed by atoms with E-state index in [9.17, 15) is 4.79 Å². The predicted molar refractivity (Wildman–Crippen MR) is 96.1 cm³/mol. The lowest BCUT2D eigenvalue weighted by atomic mass is 10.0. The number of nitrogens with zero attached hydrogens (tertiary/aromatic N) is 1. The monoisotopic (exact) mass is 345 g/mol. The van der Waals surface area contributed by atoms with Crippen LogP contribution >= 0.6 is 11.3 Å². The van der Waals surface area contributed by atoms with E-state index in [0.29, 0.717) is 0 Å². The first-order chi connectivity index (χ1) is 11.7. The van der Waals surface area contributed by atoms with Crippen molar-refractivity contribution < 1.29 is 9.53 Å². The van der Waals surface area contributed by atoms with Crippen molar-refractivity contribution in [1.82, 2.24) is 10.3 Å². The molecule has 2 aromatic rings. The highest BCUT2D eigenvalue weighted by atomic mass is 32.1. The minimum absolute atomic E-state index is 0.00692. The fraction of sp³-hybridized carbons (Fsp3) is 0.444. The summed E-state index contributed by atoms with van der Waals surface area (Å²) in [5.74, 6) is -0.00692. The molecule has 1 atom stereocenters. The molecule has 3 N–H and O–H groups in total. The number of hydrogen-bond acceptors (Lipinski definition) is 5. The van der Waals surface area contributed by atoms with Gasteiger partial charge in [-0.2, -0.15) is 0 Å². The van der Waals surface area contributed by atoms with Gasteiger partial charge in [0.2, 0.25) is 0 Å². The van der Waals surface area contributed by atoms with Gasteiger partial charge < -0.3 is 15.8 Å². The van der Waals surface area contributed by atoms with Crippen molar-refractivity contribution in [2.24, 2.45) is 5.73 Å². The SMILES string of the molecule is CCC(N)c1cncc(-c2csc(C(=O)NC3CCOCC3)c2)c1. The molecule has 1 aliphatic heterocycles. The Bertz CT molecular complexity index is 695. The Morgan fingerprint density at radius 2 is 2.17 bits per heavy atom. The third kappa shape index (κ3) is 4.01. The lowest BCUT2D eigenvalue weighted by Crippen LogP contribution is -2.38. The van der Waals surface area contributed by atoms with Crippen LogP contribution in [0.4, 0.5) is 0 Å². The molecular weight excluding hydrogens is 322 g/mol. The van der Waals surface area contributed by atoms with Crippen LogP contribution in [0.3, 0.4) is 0 Å². The number of pyridine rings is 1. The van der Waals surface area contributed by atoms with E-state index in [-0.39, 0.29) is 18.0 Å². The second-order valence-corrected chi connectivity index (χ2v) is 6.99. The molecule has 3 rings (SSSR count). The van der Waals surface area contributed by atoms with Gasteiger partial charge in [0.25, 0.3) is 5.91 Å². The van der Waals surface area contributed by atoms with Crippen molar-refractivity contribution in [3.63, 3.8) is 0 Å². The summed E-state index contributed by atoms with van der Waals surface area (Å²) < 4.78 is 5.32. The molecule has 1 unspecified atom stereocenters. The second kappa shape index (κ2) is 7.88. The van der Waals surface area contributed by atoms with Crippen LogP contribution in [-0.4, -0.2) is 30.1 Å². The van der Waals surface area contributed by atoms with Gasteiger partial charge in [-0.25, -0.2) is 0 Å². The first-order valence-electron chi connectivity index (χ1n) is 8.35. The highest BCUT2D eigenvalue weighted by Gasteiger charge is 2.18. The maximum Gasteiger partial charge on any atom is 0.261 e. The molecule has 0 spiro atoms. The Morgan fingerprint density at radius 3 is 2.92 bits per heavy atom. The van der Waals surface area contributed by atoms with Crippen LogP contribution in [0, 0.1) is 0 Å². The van der Waals surface area contributed by atoms with Crippen LogP contribution in [0.1, 0.15) is 47.5 Å². The zero-order valence-electron chi connectivity index (χ0n) is 13.8. The van der Waals surface area contributed by atoms with E-state index in [1.54, 1.807) is 0 Å². The summed E-state index contributed by atoms with van der Waals surface area (Å²) >= 11 is 1.46. The molecule has 6 heteroatoms. The number of thiophene rings is 1. The van der Waals surface area contributed by atoms with Gasteiger partial charge in [-0.3, -0.25) is 9.78 Å². The Balaban J connectivity index is 1.72. The molecule has 1 saturated heterocycles. The molecule has 2 aromatic heterocycles. The van der Waals surface area contributed by atoms with E-state index >= 15 is 0 Å². The Kier molecular flexibility index (Phi) is 5.60. The van der Waals surface area contributed by atoms with E-state index in [2.05, 4.69) is 23.3 Å². The fourth-order valence-corrected chi connectivity index (χ4v) is 3.58. The van der Waals surface area contributed by atoms with E-state index in [4.69, 9.17) is 10.5 Å². The van der Waals surface area contributed by atoms with E-state index in [0.717, 1.165) is 54.0 Å². The molecule has 0 aliphatic carbocycles. The van der Waals surface area contributed by atoms with E-state index in [1.165, 1.54) is 11.3 Å². The molecule has 0 saturated carbocycles. The molecule has 128 valence electrons. The maximum absolute atomic E-state index is 12.4. The molecule has 0 bridgehead atoms. The largest absolute Gasteiger partial charge is 0.381 e. The van der Waals surface area contributed by atoms with Gasteiger partial charge in [0, 0.05) is 43.3 Å². The number of carbonyl (C=O) groups excluding carboxylic acids is 1. The number of rotatable bonds is 5. The molecule has 3 heterocycles. The van der Waals surface area contributed by atoms with Crippen LogP contribution in [0.25, 0.3) is 11.1 Å². The summed E-state index contributed by atoms with van der Waals surface area (Å²) in [6, 6.07) is 4.19. The molecule has 5 nitrogen and oxygen atoms in total. The number of ether oxygens (including phenoxy) is 1. The van der Waals surface area contributed by atoms with Gasteiger partial charge in [0.1, 0.15) is 0 Å². The van der Waals surface area contributed by atoms with Crippen LogP contribution in [0.2, 0.25) is 0 Å². The topological polar surface area (TPSA) is 77.2 Å². The minimum Gasteiger partial charge on any atom is -0.381 e. The highest BCUT2D eigenvalue weighted by molar-refractivity contribution is 7.12. The Labute approximate surface area is 146 Å². The number of amides is 1. The summed E-state index contributed by atoms with van der Waals surface area (Å²) in [5, 5.41) is 5.09. The second-order valence-electron chi connectivity index (χ2n) is 6.08. The molecular formula is C18H23N3O2S. The van der Waals surface area contributed by atoms with Crippen molar-refractivity contribution in [3.05, 3.63) is 40.3 Å². The van der Waals surface area contributed by atoms with Crippen molar-refractivity contribution in [2.75, 3.05) is 13.2 Å². The zero-order chi connectivity index (χ0) is 16.9. The van der Waals surface area contributed by atoms with Crippen LogP contribution < -0.4 is 11.1 Å². The predicted octanol–water partition coefficient (Wildman–Crippen LogP) is 3.13. The van der Waals surface area contributed by atoms with Crippen LogP contribution in [0.5, 0.6) is 0 Å². The van der Waals surface area contributed by atoms with E-state index in [1.807, 2.05) is 23.8 Å². The first kappa shape index (κ1) is 17.1. The summed E-state index contributed by atoms with van der Waals surface area (Å²) in [6.45, 7) is 3.49. The third-order valence-corrected chi connectivity index (χ3v) is 5.27. The van der Waals surface area contributed by atoms with Crippen molar-refractivity contribution >= 4 is 17.2 Å². The fourth-order valence-electron chi connectivity index (χ4n) is 2.76. The van der Waals surface area contributed by atoms with E-state index < -0.39 is 0 Å². The summed E-state index contributed by atoms with van der Waals surface area (Å²) in [4.78, 5) is 17.4. The van der Waals surface area contributed by atoms with Gasteiger partial charge >= 0.3 is 0 Å². The van der Waals surface area contributed by atoms with Gasteiger partial charge in [0.05, 0.1) is 4.88 Å². The van der Waals surface area contributed by atoms with Crippen molar-refractivity contribution in [1.29, 1.82) is 0 Å². The smallest absolute Gasteiger partial charge is 0.261 e. The van der Waals surface area contributed by atoms with Crippen molar-refractivity contribution in [2.45, 2.75) is 38.3 Å². The molecule has 0 aromatic carbocycles. The Hall–Kier alpha value is -1.76. The van der Waals surface area contributed by atoms with Crippen molar-refractivity contribution in [3.8, 4) is 11.1 Å². The molecule has 1 aliphatic rings. The Morgan fingerprint density at radius 1 is 1.38 bits per heavy atom. The van der Waals surface area contributed by atoms with Gasteiger partial charge in [0.15, 0.2) is 0 Å². The summed E-state index contributed by atoms with van der Waals surface area (Å²) in [5.41, 5.74) is 9.12. The van der Waals surface area contributed by atoms with Crippen LogP contribution in [-0.2, 0) is 4.74 Å². The maximum atomic E-state index is 12.4. The standard InChI is InChI=1S/C18H23N3O2S/c1-2-16(19)13-7-12(9-20-10-13)14-8-17(24-11-14)18(22)21-15-3-5-23-6-4-15/h7-11,15-16H,2-6,19H2,1H3,(H,21,22). The minimum atomic E-state index is -0.00706. The lowest BCUT2D eigenvalue weighted by molar-refractivity contribution is 0.0698. The summed E-state index contributed by atoms with van der Waals surface area (Å²) in [6.07, 6.45) is 6.25. The molecule has 0 radical (unpaired) electrons. The third-order valence-electron chi connectivity index (χ3n) is 4.34. The molecule has 1 amide bonds. The average Bonchev–Trinajstić information content (AvgIpc) is 3.12. The number of nitrogens with two attached hydrogens (primary N) is 1. The lowest BCUT2D eigenvalue weighted by Gasteiger charge is -2.22. The van der Waals surface area contributed by atoms with Gasteiger partial charge in [-0.1, -0.05) is 6.92 Å². The summed E-state index contributed by atoms with van der Waals surface area (Å²) in [7, 11) is 0. The number of aromatic nitrogens is 1. The number of carbonyl (C=O) groups is 1. The molecule has 24 heavy (non-hydrogen) atoms. The van der Waals surface area contributed by atoms with Gasteiger partial charge in [-0.15, -0.1) is 11.3 Å². The van der Waals surface area contributed by atoms with Crippen LogP contribution in [0.15, 0.2) is 29.9 Å².